The quantitative estimate of drug-likeness (QED) is 0.640. The fourth-order valence-corrected chi connectivity index (χ4v) is 3.50. The molecule has 2 heterocycles. The Kier molecular flexibility index (Phi) is 2.33. The number of rotatable bonds is 2. The molecule has 0 aromatic carbocycles. The van der Waals surface area contributed by atoms with E-state index in [-0.39, 0.29) is 5.25 Å². The van der Waals surface area contributed by atoms with Gasteiger partial charge in [0.25, 0.3) is 0 Å². The van der Waals surface area contributed by atoms with Gasteiger partial charge in [-0.05, 0) is 12.3 Å². The van der Waals surface area contributed by atoms with Gasteiger partial charge in [-0.1, -0.05) is 6.92 Å². The van der Waals surface area contributed by atoms with Gasteiger partial charge in [0.15, 0.2) is 0 Å². The van der Waals surface area contributed by atoms with E-state index in [2.05, 4.69) is 6.92 Å². The smallest absolute Gasteiger partial charge is 0.221 e. The topological polar surface area (TPSA) is 46.6 Å². The van der Waals surface area contributed by atoms with Gasteiger partial charge in [-0.3, -0.25) is 0 Å². The molecule has 0 amide bonds. The predicted molar refractivity (Wildman–Crippen MR) is 48.9 cm³/mol. The lowest BCUT2D eigenvalue weighted by atomic mass is 10.2. The summed E-state index contributed by atoms with van der Waals surface area (Å²) >= 11 is 0. The Morgan fingerprint density at radius 2 is 2.08 bits per heavy atom. The van der Waals surface area contributed by atoms with E-state index >= 15 is 0 Å². The molecule has 0 radical (unpaired) electrons. The van der Waals surface area contributed by atoms with E-state index < -0.39 is 10.0 Å². The Morgan fingerprint density at radius 3 is 2.46 bits per heavy atom. The molecular weight excluding hydrogens is 190 g/mol. The van der Waals surface area contributed by atoms with Crippen molar-refractivity contribution in [2.24, 2.45) is 5.92 Å². The van der Waals surface area contributed by atoms with Gasteiger partial charge in [-0.2, -0.15) is 0 Å². The maximum atomic E-state index is 11.8. The van der Waals surface area contributed by atoms with Crippen molar-refractivity contribution in [3.05, 3.63) is 0 Å². The molecule has 4 nitrogen and oxygen atoms in total. The van der Waals surface area contributed by atoms with Crippen molar-refractivity contribution in [1.29, 1.82) is 0 Å². The van der Waals surface area contributed by atoms with Crippen molar-refractivity contribution < 1.29 is 13.2 Å². The molecule has 2 aliphatic heterocycles. The molecule has 2 fully saturated rings. The lowest BCUT2D eigenvalue weighted by Gasteiger charge is -2.29. The monoisotopic (exact) mass is 205 g/mol. The molecule has 0 aromatic rings. The van der Waals surface area contributed by atoms with Crippen molar-refractivity contribution in [1.82, 2.24) is 4.31 Å². The Labute approximate surface area is 78.9 Å². The summed E-state index contributed by atoms with van der Waals surface area (Å²) in [6.45, 7) is 4.24. The van der Waals surface area contributed by atoms with Gasteiger partial charge in [0.05, 0.1) is 13.2 Å². The molecule has 2 aliphatic rings. The van der Waals surface area contributed by atoms with Crippen LogP contribution < -0.4 is 0 Å². The molecule has 5 heteroatoms. The minimum Gasteiger partial charge on any atom is -0.378 e. The molecule has 0 aliphatic carbocycles. The van der Waals surface area contributed by atoms with E-state index in [0.717, 1.165) is 6.42 Å². The fraction of sp³-hybridized carbons (Fsp3) is 1.00. The Morgan fingerprint density at radius 1 is 1.38 bits per heavy atom. The first-order chi connectivity index (χ1) is 6.10. The Hall–Kier alpha value is -0.130. The van der Waals surface area contributed by atoms with Gasteiger partial charge >= 0.3 is 0 Å². The summed E-state index contributed by atoms with van der Waals surface area (Å²) in [6.07, 6.45) is 0.993. The highest BCUT2D eigenvalue weighted by Gasteiger charge is 2.39. The maximum absolute atomic E-state index is 11.8. The first-order valence-corrected chi connectivity index (χ1v) is 6.17. The van der Waals surface area contributed by atoms with Crippen LogP contribution in [0, 0.1) is 5.92 Å². The second-order valence-corrected chi connectivity index (χ2v) is 6.17. The molecule has 13 heavy (non-hydrogen) atoms. The summed E-state index contributed by atoms with van der Waals surface area (Å²) in [7, 11) is -3.03. The second kappa shape index (κ2) is 3.22. The van der Waals surface area contributed by atoms with Gasteiger partial charge < -0.3 is 4.74 Å². The van der Waals surface area contributed by atoms with Crippen LogP contribution >= 0.6 is 0 Å². The Balaban J connectivity index is 2.06. The molecule has 0 spiro atoms. The summed E-state index contributed by atoms with van der Waals surface area (Å²) in [6, 6.07) is 0. The van der Waals surface area contributed by atoms with Gasteiger partial charge in [0.1, 0.15) is 5.25 Å². The Bertz CT molecular complexity index is 284. The van der Waals surface area contributed by atoms with E-state index in [4.69, 9.17) is 4.74 Å². The summed E-state index contributed by atoms with van der Waals surface area (Å²) < 4.78 is 30.1. The molecule has 1 atom stereocenters. The van der Waals surface area contributed by atoms with E-state index in [9.17, 15) is 8.42 Å². The molecule has 1 unspecified atom stereocenters. The molecule has 2 rings (SSSR count). The van der Waals surface area contributed by atoms with Crippen LogP contribution in [0.4, 0.5) is 0 Å². The molecule has 0 saturated carbocycles. The highest BCUT2D eigenvalue weighted by atomic mass is 32.2. The molecule has 0 aromatic heterocycles. The molecule has 0 N–H and O–H groups in total. The number of sulfonamides is 1. The zero-order valence-electron chi connectivity index (χ0n) is 7.77. The van der Waals surface area contributed by atoms with Gasteiger partial charge in [-0.25, -0.2) is 12.7 Å². The highest BCUT2D eigenvalue weighted by molar-refractivity contribution is 7.89. The standard InChI is InChI=1S/C8H15NO3S/c1-7-2-3-9(4-7)13(10,11)8-5-12-6-8/h7-8H,2-6H2,1H3. The van der Waals surface area contributed by atoms with Crippen molar-refractivity contribution in [2.45, 2.75) is 18.6 Å². The van der Waals surface area contributed by atoms with Crippen LogP contribution in [-0.4, -0.2) is 44.3 Å². The molecule has 0 bridgehead atoms. The van der Waals surface area contributed by atoms with E-state index in [1.54, 1.807) is 4.31 Å². The average Bonchev–Trinajstić information content (AvgIpc) is 2.30. The van der Waals surface area contributed by atoms with Crippen LogP contribution in [0.15, 0.2) is 0 Å². The van der Waals surface area contributed by atoms with Crippen molar-refractivity contribution in [2.75, 3.05) is 26.3 Å². The van der Waals surface area contributed by atoms with Crippen molar-refractivity contribution >= 4 is 10.0 Å². The SMILES string of the molecule is CC1CCN(S(=O)(=O)C2COC2)C1. The number of hydrogen-bond acceptors (Lipinski definition) is 3. The van der Waals surface area contributed by atoms with Gasteiger partial charge in [0.2, 0.25) is 10.0 Å². The largest absolute Gasteiger partial charge is 0.378 e. The molecular formula is C8H15NO3S. The summed E-state index contributed by atoms with van der Waals surface area (Å²) in [5, 5.41) is -0.266. The van der Waals surface area contributed by atoms with Crippen LogP contribution in [0.1, 0.15) is 13.3 Å². The third-order valence-electron chi connectivity index (χ3n) is 2.78. The number of hydrogen-bond donors (Lipinski definition) is 0. The first kappa shape index (κ1) is 9.43. The van der Waals surface area contributed by atoms with Crippen LogP contribution in [0.3, 0.4) is 0 Å². The zero-order chi connectivity index (χ0) is 9.47. The van der Waals surface area contributed by atoms with E-state index in [1.807, 2.05) is 0 Å². The van der Waals surface area contributed by atoms with Gasteiger partial charge in [-0.15, -0.1) is 0 Å². The normalized spacial score (nSPS) is 31.9. The van der Waals surface area contributed by atoms with Crippen molar-refractivity contribution in [3.8, 4) is 0 Å². The maximum Gasteiger partial charge on any atom is 0.221 e. The fourth-order valence-electron chi connectivity index (χ4n) is 1.72. The summed E-state index contributed by atoms with van der Waals surface area (Å²) in [5.74, 6) is 0.510. The third-order valence-corrected chi connectivity index (χ3v) is 4.94. The molecule has 76 valence electrons. The third kappa shape index (κ3) is 1.60. The van der Waals surface area contributed by atoms with Crippen LogP contribution in [0.25, 0.3) is 0 Å². The highest BCUT2D eigenvalue weighted by Crippen LogP contribution is 2.23. The number of nitrogens with zero attached hydrogens (tertiary/aromatic N) is 1. The minimum atomic E-state index is -3.03. The number of ether oxygens (including phenoxy) is 1. The lowest BCUT2D eigenvalue weighted by Crippen LogP contribution is -2.47. The lowest BCUT2D eigenvalue weighted by molar-refractivity contribution is 0.0394. The summed E-state index contributed by atoms with van der Waals surface area (Å²) in [5.41, 5.74) is 0. The van der Waals surface area contributed by atoms with Crippen LogP contribution in [-0.2, 0) is 14.8 Å². The van der Waals surface area contributed by atoms with Crippen LogP contribution in [0.2, 0.25) is 0 Å². The zero-order valence-corrected chi connectivity index (χ0v) is 8.59. The second-order valence-electron chi connectivity index (χ2n) is 3.96. The molecule has 2 saturated heterocycles. The minimum absolute atomic E-state index is 0.266. The average molecular weight is 205 g/mol. The van der Waals surface area contributed by atoms with E-state index in [1.165, 1.54) is 0 Å². The van der Waals surface area contributed by atoms with Crippen molar-refractivity contribution in [3.63, 3.8) is 0 Å². The first-order valence-electron chi connectivity index (χ1n) is 4.67. The van der Waals surface area contributed by atoms with Crippen LogP contribution in [0.5, 0.6) is 0 Å². The van der Waals surface area contributed by atoms with Gasteiger partial charge in [0, 0.05) is 13.1 Å². The van der Waals surface area contributed by atoms with E-state index in [0.29, 0.717) is 32.2 Å². The summed E-state index contributed by atoms with van der Waals surface area (Å²) in [4.78, 5) is 0. The predicted octanol–water partition coefficient (Wildman–Crippen LogP) is 0.0568.